The highest BCUT2D eigenvalue weighted by atomic mass is 16.5. The minimum Gasteiger partial charge on any atom is -0.482 e. The van der Waals surface area contributed by atoms with Gasteiger partial charge in [0.15, 0.2) is 6.61 Å². The summed E-state index contributed by atoms with van der Waals surface area (Å²) in [5, 5.41) is 7.17. The molecule has 0 fully saturated rings. The molecule has 0 amide bonds. The minimum atomic E-state index is 0.0665. The average Bonchev–Trinajstić information content (AvgIpc) is 2.72. The summed E-state index contributed by atoms with van der Waals surface area (Å²) in [6.07, 6.45) is 8.01. The quantitative estimate of drug-likeness (QED) is 0.667. The number of rotatable bonds is 3. The third-order valence-electron chi connectivity index (χ3n) is 2.11. The van der Waals surface area contributed by atoms with Crippen molar-refractivity contribution in [2.24, 2.45) is 0 Å². The second-order valence-electron chi connectivity index (χ2n) is 3.17. The summed E-state index contributed by atoms with van der Waals surface area (Å²) >= 11 is 0. The first-order valence-electron chi connectivity index (χ1n) is 4.63. The van der Waals surface area contributed by atoms with Gasteiger partial charge in [0.2, 0.25) is 0 Å². The molecule has 1 aliphatic carbocycles. The van der Waals surface area contributed by atoms with Gasteiger partial charge in [0, 0.05) is 5.56 Å². The standard InChI is InChI=1S/C12H12O2/c13-9-10-5-7-12(8-6-10)14-11-3-1-2-4-11/h1-8,11,13H,9H2/p+1. The molecule has 0 unspecified atom stereocenters. The van der Waals surface area contributed by atoms with Crippen LogP contribution in [0.3, 0.4) is 0 Å². The van der Waals surface area contributed by atoms with Crippen LogP contribution in [0.5, 0.6) is 5.75 Å². The highest BCUT2D eigenvalue weighted by molar-refractivity contribution is 5.29. The topological polar surface area (TPSA) is 32.1 Å². The van der Waals surface area contributed by atoms with E-state index in [4.69, 9.17) is 9.84 Å². The lowest BCUT2D eigenvalue weighted by molar-refractivity contribution is 0.280. The van der Waals surface area contributed by atoms with E-state index >= 15 is 0 Å². The van der Waals surface area contributed by atoms with E-state index in [0.717, 1.165) is 11.3 Å². The normalized spacial score (nSPS) is 14.9. The van der Waals surface area contributed by atoms with Crippen LogP contribution in [0.25, 0.3) is 0 Å². The van der Waals surface area contributed by atoms with Gasteiger partial charge in [-0.25, -0.2) is 0 Å². The lowest BCUT2D eigenvalue weighted by Gasteiger charge is -2.09. The van der Waals surface area contributed by atoms with Gasteiger partial charge in [-0.2, -0.15) is 0 Å². The van der Waals surface area contributed by atoms with Crippen LogP contribution < -0.4 is 4.74 Å². The van der Waals surface area contributed by atoms with Crippen molar-refractivity contribution in [1.29, 1.82) is 0 Å². The Bertz CT molecular complexity index is 337. The van der Waals surface area contributed by atoms with Gasteiger partial charge in [-0.05, 0) is 36.4 Å². The fraction of sp³-hybridized carbons (Fsp3) is 0.167. The van der Waals surface area contributed by atoms with E-state index in [9.17, 15) is 0 Å². The van der Waals surface area contributed by atoms with Gasteiger partial charge in [0.1, 0.15) is 11.9 Å². The van der Waals surface area contributed by atoms with Gasteiger partial charge < -0.3 is 9.84 Å². The first-order valence-corrected chi connectivity index (χ1v) is 4.63. The Morgan fingerprint density at radius 3 is 2.29 bits per heavy atom. The van der Waals surface area contributed by atoms with Crippen molar-refractivity contribution in [1.82, 2.24) is 0 Å². The smallest absolute Gasteiger partial charge is 0.169 e. The Morgan fingerprint density at radius 2 is 1.71 bits per heavy atom. The van der Waals surface area contributed by atoms with Gasteiger partial charge >= 0.3 is 0 Å². The Kier molecular flexibility index (Phi) is 2.65. The van der Waals surface area contributed by atoms with Crippen LogP contribution in [0.2, 0.25) is 0 Å². The lowest BCUT2D eigenvalue weighted by atomic mass is 10.2. The van der Waals surface area contributed by atoms with Crippen LogP contribution in [0, 0.1) is 0 Å². The van der Waals surface area contributed by atoms with Gasteiger partial charge in [-0.1, -0.05) is 12.2 Å². The molecule has 0 atom stereocenters. The zero-order chi connectivity index (χ0) is 9.80. The first kappa shape index (κ1) is 9.03. The molecule has 1 aromatic rings. The molecule has 2 rings (SSSR count). The summed E-state index contributed by atoms with van der Waals surface area (Å²) in [6, 6.07) is 7.66. The number of allylic oxidation sites excluding steroid dienone is 2. The largest absolute Gasteiger partial charge is 0.482 e. The van der Waals surface area contributed by atoms with E-state index in [0.29, 0.717) is 6.61 Å². The summed E-state index contributed by atoms with van der Waals surface area (Å²) in [6.45, 7) is 0.323. The molecule has 2 N–H and O–H groups in total. The van der Waals surface area contributed by atoms with E-state index in [1.54, 1.807) is 0 Å². The molecule has 1 aliphatic rings. The second-order valence-corrected chi connectivity index (χ2v) is 3.17. The van der Waals surface area contributed by atoms with Crippen molar-refractivity contribution in [2.45, 2.75) is 12.7 Å². The van der Waals surface area contributed by atoms with Crippen LogP contribution in [0.15, 0.2) is 48.6 Å². The third kappa shape index (κ3) is 2.03. The minimum absolute atomic E-state index is 0.0665. The van der Waals surface area contributed by atoms with Crippen LogP contribution in [0.1, 0.15) is 5.56 Å². The van der Waals surface area contributed by atoms with E-state index in [2.05, 4.69) is 0 Å². The van der Waals surface area contributed by atoms with E-state index in [1.165, 1.54) is 0 Å². The van der Waals surface area contributed by atoms with Crippen molar-refractivity contribution in [3.63, 3.8) is 0 Å². The predicted octanol–water partition coefficient (Wildman–Crippen LogP) is 1.78. The van der Waals surface area contributed by atoms with Crippen LogP contribution in [-0.2, 0) is 6.61 Å². The number of hydrogen-bond donors (Lipinski definition) is 0. The van der Waals surface area contributed by atoms with Gasteiger partial charge in [0.05, 0.1) is 0 Å². The van der Waals surface area contributed by atoms with Gasteiger partial charge in [-0.3, -0.25) is 0 Å². The predicted molar refractivity (Wildman–Crippen MR) is 56.5 cm³/mol. The van der Waals surface area contributed by atoms with Crippen molar-refractivity contribution in [3.05, 3.63) is 54.1 Å². The maximum Gasteiger partial charge on any atom is 0.169 e. The van der Waals surface area contributed by atoms with Crippen LogP contribution in [-0.4, -0.2) is 11.2 Å². The number of ether oxygens (including phenoxy) is 1. The van der Waals surface area contributed by atoms with Crippen LogP contribution >= 0.6 is 0 Å². The molecular weight excluding hydrogens is 176 g/mol. The molecular formula is C12H13O2+. The fourth-order valence-corrected chi connectivity index (χ4v) is 1.33. The lowest BCUT2D eigenvalue weighted by Crippen LogP contribution is -2.07. The highest BCUT2D eigenvalue weighted by Gasteiger charge is 2.04. The van der Waals surface area contributed by atoms with Crippen molar-refractivity contribution < 1.29 is 9.84 Å². The molecule has 0 spiro atoms. The molecule has 2 nitrogen and oxygen atoms in total. The molecule has 2 heteroatoms. The summed E-state index contributed by atoms with van der Waals surface area (Å²) in [4.78, 5) is 0. The van der Waals surface area contributed by atoms with E-state index < -0.39 is 0 Å². The monoisotopic (exact) mass is 189 g/mol. The molecule has 1 aromatic carbocycles. The van der Waals surface area contributed by atoms with Crippen molar-refractivity contribution >= 4 is 0 Å². The second kappa shape index (κ2) is 4.11. The molecule has 0 saturated heterocycles. The molecule has 0 radical (unpaired) electrons. The molecule has 0 aliphatic heterocycles. The zero-order valence-corrected chi connectivity index (χ0v) is 7.81. The van der Waals surface area contributed by atoms with Gasteiger partial charge in [0.25, 0.3) is 0 Å². The maximum absolute atomic E-state index is 7.17. The third-order valence-corrected chi connectivity index (χ3v) is 2.11. The summed E-state index contributed by atoms with van der Waals surface area (Å²) in [7, 11) is 0. The zero-order valence-electron chi connectivity index (χ0n) is 7.81. The molecule has 14 heavy (non-hydrogen) atoms. The Morgan fingerprint density at radius 1 is 1.07 bits per heavy atom. The molecule has 0 aromatic heterocycles. The average molecular weight is 189 g/mol. The summed E-state index contributed by atoms with van der Waals surface area (Å²) in [5.41, 5.74) is 1.01. The van der Waals surface area contributed by atoms with Gasteiger partial charge in [-0.15, -0.1) is 0 Å². The summed E-state index contributed by atoms with van der Waals surface area (Å²) in [5.74, 6) is 0.850. The molecule has 0 bridgehead atoms. The Hall–Kier alpha value is -1.54. The Balaban J connectivity index is 2.02. The van der Waals surface area contributed by atoms with E-state index in [-0.39, 0.29) is 6.10 Å². The molecule has 0 saturated carbocycles. The van der Waals surface area contributed by atoms with E-state index in [1.807, 2.05) is 48.6 Å². The number of benzene rings is 1. The first-order chi connectivity index (χ1) is 6.88. The Labute approximate surface area is 83.1 Å². The maximum atomic E-state index is 7.17. The highest BCUT2D eigenvalue weighted by Crippen LogP contribution is 2.16. The SMILES string of the molecule is [OH2+]Cc1ccc(OC2C=CC=C2)cc1. The summed E-state index contributed by atoms with van der Waals surface area (Å²) < 4.78 is 5.64. The molecule has 72 valence electrons. The number of hydrogen-bond acceptors (Lipinski definition) is 1. The molecule has 0 heterocycles. The van der Waals surface area contributed by atoms with Crippen molar-refractivity contribution in [2.75, 3.05) is 0 Å². The van der Waals surface area contributed by atoms with Crippen molar-refractivity contribution in [3.8, 4) is 5.75 Å². The fourth-order valence-electron chi connectivity index (χ4n) is 1.33. The van der Waals surface area contributed by atoms with Crippen LogP contribution in [0.4, 0.5) is 0 Å².